The zero-order valence-corrected chi connectivity index (χ0v) is 8.12. The first-order chi connectivity index (χ1) is 6.81. The SMILES string of the molecule is CCC(=O)[C@H]1COc2ccccc2N1. The molecule has 3 heteroatoms. The zero-order chi connectivity index (χ0) is 9.97. The zero-order valence-electron chi connectivity index (χ0n) is 8.12. The summed E-state index contributed by atoms with van der Waals surface area (Å²) in [5, 5.41) is 3.17. The van der Waals surface area contributed by atoms with Crippen LogP contribution in [0, 0.1) is 0 Å². The number of ketones is 1. The molecule has 2 rings (SSSR count). The predicted molar refractivity (Wildman–Crippen MR) is 54.6 cm³/mol. The van der Waals surface area contributed by atoms with Crippen molar-refractivity contribution in [2.24, 2.45) is 0 Å². The monoisotopic (exact) mass is 191 g/mol. The fourth-order valence-electron chi connectivity index (χ4n) is 1.53. The van der Waals surface area contributed by atoms with E-state index in [0.29, 0.717) is 13.0 Å². The van der Waals surface area contributed by atoms with Gasteiger partial charge in [-0.3, -0.25) is 4.79 Å². The van der Waals surface area contributed by atoms with E-state index in [1.807, 2.05) is 31.2 Å². The molecule has 14 heavy (non-hydrogen) atoms. The molecule has 0 bridgehead atoms. The third-order valence-electron chi connectivity index (χ3n) is 2.36. The second-order valence-corrected chi connectivity index (χ2v) is 3.32. The molecular formula is C11H13NO2. The number of Topliss-reactive ketones (excluding diaryl/α,β-unsaturated/α-hetero) is 1. The van der Waals surface area contributed by atoms with Crippen molar-refractivity contribution in [3.8, 4) is 5.75 Å². The molecule has 0 aliphatic carbocycles. The van der Waals surface area contributed by atoms with Gasteiger partial charge in [0.2, 0.25) is 0 Å². The van der Waals surface area contributed by atoms with Crippen molar-refractivity contribution in [3.63, 3.8) is 0 Å². The molecule has 1 heterocycles. The number of carbonyl (C=O) groups is 1. The Bertz CT molecular complexity index is 349. The Labute approximate surface area is 83.1 Å². The average molecular weight is 191 g/mol. The van der Waals surface area contributed by atoms with E-state index in [1.54, 1.807) is 0 Å². The van der Waals surface area contributed by atoms with Gasteiger partial charge in [0, 0.05) is 6.42 Å². The van der Waals surface area contributed by atoms with Crippen LogP contribution < -0.4 is 10.1 Å². The van der Waals surface area contributed by atoms with Crippen LogP contribution >= 0.6 is 0 Å². The summed E-state index contributed by atoms with van der Waals surface area (Å²) >= 11 is 0. The largest absolute Gasteiger partial charge is 0.489 e. The summed E-state index contributed by atoms with van der Waals surface area (Å²) in [6, 6.07) is 7.48. The number of carbonyl (C=O) groups excluding carboxylic acids is 1. The van der Waals surface area contributed by atoms with Crippen LogP contribution in [0.3, 0.4) is 0 Å². The van der Waals surface area contributed by atoms with Gasteiger partial charge in [0.1, 0.15) is 18.4 Å². The van der Waals surface area contributed by atoms with Crippen LogP contribution in [0.25, 0.3) is 0 Å². The number of benzene rings is 1. The first-order valence-corrected chi connectivity index (χ1v) is 4.82. The van der Waals surface area contributed by atoms with Crippen LogP contribution in [-0.4, -0.2) is 18.4 Å². The van der Waals surface area contributed by atoms with E-state index in [2.05, 4.69) is 5.32 Å². The smallest absolute Gasteiger partial charge is 0.158 e. The van der Waals surface area contributed by atoms with Gasteiger partial charge < -0.3 is 10.1 Å². The summed E-state index contributed by atoms with van der Waals surface area (Å²) in [4.78, 5) is 11.4. The lowest BCUT2D eigenvalue weighted by Gasteiger charge is -2.26. The van der Waals surface area contributed by atoms with Crippen LogP contribution in [0.4, 0.5) is 5.69 Å². The van der Waals surface area contributed by atoms with Gasteiger partial charge in [-0.15, -0.1) is 0 Å². The maximum atomic E-state index is 11.4. The second kappa shape index (κ2) is 3.70. The van der Waals surface area contributed by atoms with Crippen LogP contribution in [-0.2, 0) is 4.79 Å². The van der Waals surface area contributed by atoms with E-state index < -0.39 is 0 Å². The highest BCUT2D eigenvalue weighted by molar-refractivity contribution is 5.87. The summed E-state index contributed by atoms with van der Waals surface area (Å²) in [7, 11) is 0. The Balaban J connectivity index is 2.17. The molecule has 0 spiro atoms. The van der Waals surface area contributed by atoms with Crippen molar-refractivity contribution >= 4 is 11.5 Å². The molecule has 0 aromatic heterocycles. The van der Waals surface area contributed by atoms with Gasteiger partial charge in [0.15, 0.2) is 5.78 Å². The van der Waals surface area contributed by atoms with Crippen molar-refractivity contribution in [3.05, 3.63) is 24.3 Å². The van der Waals surface area contributed by atoms with E-state index in [4.69, 9.17) is 4.74 Å². The molecule has 1 atom stereocenters. The lowest BCUT2D eigenvalue weighted by Crippen LogP contribution is -2.38. The quantitative estimate of drug-likeness (QED) is 0.775. The Hall–Kier alpha value is -1.51. The Kier molecular flexibility index (Phi) is 2.39. The predicted octanol–water partition coefficient (Wildman–Crippen LogP) is 1.84. The molecule has 1 aromatic rings. The standard InChI is InChI=1S/C11H13NO2/c1-2-10(13)9-7-14-11-6-4-3-5-8(11)12-9/h3-6,9,12H,2,7H2,1H3/t9-/m1/s1. The topological polar surface area (TPSA) is 38.3 Å². The third-order valence-corrected chi connectivity index (χ3v) is 2.36. The number of hydrogen-bond donors (Lipinski definition) is 1. The van der Waals surface area contributed by atoms with Gasteiger partial charge in [0.05, 0.1) is 5.69 Å². The maximum absolute atomic E-state index is 11.4. The number of nitrogens with one attached hydrogen (secondary N) is 1. The van der Waals surface area contributed by atoms with Gasteiger partial charge >= 0.3 is 0 Å². The number of fused-ring (bicyclic) bond motifs is 1. The maximum Gasteiger partial charge on any atom is 0.158 e. The Morgan fingerprint density at radius 2 is 2.36 bits per heavy atom. The molecule has 0 saturated heterocycles. The Morgan fingerprint density at radius 3 is 3.14 bits per heavy atom. The Morgan fingerprint density at radius 1 is 1.57 bits per heavy atom. The highest BCUT2D eigenvalue weighted by Gasteiger charge is 2.22. The number of rotatable bonds is 2. The van der Waals surface area contributed by atoms with Crippen molar-refractivity contribution in [1.82, 2.24) is 0 Å². The first kappa shape index (κ1) is 9.06. The van der Waals surface area contributed by atoms with Crippen LogP contribution in [0.2, 0.25) is 0 Å². The molecule has 74 valence electrons. The fraction of sp³-hybridized carbons (Fsp3) is 0.364. The summed E-state index contributed by atoms with van der Waals surface area (Å²) in [6.45, 7) is 2.30. The van der Waals surface area contributed by atoms with Crippen LogP contribution in [0.15, 0.2) is 24.3 Å². The molecule has 0 radical (unpaired) electrons. The summed E-state index contributed by atoms with van der Waals surface area (Å²) in [5.41, 5.74) is 0.908. The number of para-hydroxylation sites is 2. The van der Waals surface area contributed by atoms with E-state index in [9.17, 15) is 4.79 Å². The normalized spacial score (nSPS) is 19.1. The van der Waals surface area contributed by atoms with Crippen LogP contribution in [0.1, 0.15) is 13.3 Å². The number of ether oxygens (including phenoxy) is 1. The third kappa shape index (κ3) is 1.58. The molecule has 0 unspecified atom stereocenters. The molecule has 1 aliphatic rings. The van der Waals surface area contributed by atoms with Gasteiger partial charge in [-0.25, -0.2) is 0 Å². The minimum atomic E-state index is -0.185. The van der Waals surface area contributed by atoms with Crippen LogP contribution in [0.5, 0.6) is 5.75 Å². The highest BCUT2D eigenvalue weighted by atomic mass is 16.5. The fourth-order valence-corrected chi connectivity index (χ4v) is 1.53. The van der Waals surface area contributed by atoms with Gasteiger partial charge in [-0.2, -0.15) is 0 Å². The highest BCUT2D eigenvalue weighted by Crippen LogP contribution is 2.28. The molecule has 0 fully saturated rings. The van der Waals surface area contributed by atoms with Crippen molar-refractivity contribution < 1.29 is 9.53 Å². The van der Waals surface area contributed by atoms with E-state index in [0.717, 1.165) is 11.4 Å². The molecular weight excluding hydrogens is 178 g/mol. The molecule has 0 saturated carbocycles. The van der Waals surface area contributed by atoms with Crippen molar-refractivity contribution in [2.75, 3.05) is 11.9 Å². The molecule has 1 aliphatic heterocycles. The second-order valence-electron chi connectivity index (χ2n) is 3.32. The lowest BCUT2D eigenvalue weighted by atomic mass is 10.1. The van der Waals surface area contributed by atoms with Gasteiger partial charge in [-0.05, 0) is 12.1 Å². The molecule has 1 N–H and O–H groups in total. The lowest BCUT2D eigenvalue weighted by molar-refractivity contribution is -0.120. The van der Waals surface area contributed by atoms with Gasteiger partial charge in [0.25, 0.3) is 0 Å². The van der Waals surface area contributed by atoms with Gasteiger partial charge in [-0.1, -0.05) is 19.1 Å². The number of anilines is 1. The summed E-state index contributed by atoms with van der Waals surface area (Å²) in [6.07, 6.45) is 0.545. The molecule has 1 aromatic carbocycles. The molecule has 3 nitrogen and oxygen atoms in total. The number of hydrogen-bond acceptors (Lipinski definition) is 3. The van der Waals surface area contributed by atoms with E-state index >= 15 is 0 Å². The first-order valence-electron chi connectivity index (χ1n) is 4.82. The molecule has 0 amide bonds. The van der Waals surface area contributed by atoms with E-state index in [1.165, 1.54) is 0 Å². The van der Waals surface area contributed by atoms with Crippen molar-refractivity contribution in [2.45, 2.75) is 19.4 Å². The minimum Gasteiger partial charge on any atom is -0.489 e. The van der Waals surface area contributed by atoms with E-state index in [-0.39, 0.29) is 11.8 Å². The summed E-state index contributed by atoms with van der Waals surface area (Å²) < 4.78 is 5.48. The average Bonchev–Trinajstić information content (AvgIpc) is 2.27. The summed E-state index contributed by atoms with van der Waals surface area (Å²) in [5.74, 6) is 1.02. The minimum absolute atomic E-state index is 0.185. The van der Waals surface area contributed by atoms with Crippen molar-refractivity contribution in [1.29, 1.82) is 0 Å².